The molecule has 236 valence electrons. The van der Waals surface area contributed by atoms with E-state index >= 15 is 0 Å². The third-order valence-electron chi connectivity index (χ3n) is 10.6. The van der Waals surface area contributed by atoms with Gasteiger partial charge in [-0.25, -0.2) is 4.99 Å². The molecule has 3 nitrogen and oxygen atoms in total. The van der Waals surface area contributed by atoms with Crippen LogP contribution in [0.4, 0.5) is 0 Å². The summed E-state index contributed by atoms with van der Waals surface area (Å²) >= 11 is 0. The van der Waals surface area contributed by atoms with Crippen LogP contribution >= 0.6 is 0 Å². The number of rotatable bonds is 4. The highest BCUT2D eigenvalue weighted by Crippen LogP contribution is 2.48. The van der Waals surface area contributed by atoms with Crippen molar-refractivity contribution in [3.8, 4) is 22.3 Å². The lowest BCUT2D eigenvalue weighted by Crippen LogP contribution is -2.10. The fourth-order valence-corrected chi connectivity index (χ4v) is 8.23. The Balaban J connectivity index is 1.11. The minimum absolute atomic E-state index is 0.696. The number of hydrogen-bond donors (Lipinski definition) is 1. The maximum absolute atomic E-state index is 7.10. The number of benzene rings is 6. The Labute approximate surface area is 290 Å². The Hall–Kier alpha value is -6.45. The third kappa shape index (κ3) is 4.20. The first-order chi connectivity index (χ1) is 24.7. The average molecular weight is 640 g/mol. The van der Waals surface area contributed by atoms with Gasteiger partial charge >= 0.3 is 0 Å². The van der Waals surface area contributed by atoms with Crippen LogP contribution in [0.25, 0.3) is 82.7 Å². The molecule has 50 heavy (non-hydrogen) atoms. The second-order valence-corrected chi connectivity index (χ2v) is 13.3. The van der Waals surface area contributed by atoms with Crippen LogP contribution in [0.1, 0.15) is 24.0 Å². The summed E-state index contributed by atoms with van der Waals surface area (Å²) in [6.07, 6.45) is 16.8. The molecule has 0 unspecified atom stereocenters. The molecule has 0 atom stereocenters. The maximum atomic E-state index is 7.10. The lowest BCUT2D eigenvalue weighted by Gasteiger charge is -2.16. The molecule has 10 rings (SSSR count). The van der Waals surface area contributed by atoms with E-state index in [1.807, 2.05) is 18.2 Å². The van der Waals surface area contributed by atoms with Crippen LogP contribution in [-0.4, -0.2) is 10.3 Å². The van der Waals surface area contributed by atoms with Gasteiger partial charge in [0, 0.05) is 44.3 Å². The first-order valence-corrected chi connectivity index (χ1v) is 17.3. The Morgan fingerprint density at radius 3 is 2.30 bits per heavy atom. The van der Waals surface area contributed by atoms with E-state index in [1.165, 1.54) is 65.9 Å². The van der Waals surface area contributed by atoms with Gasteiger partial charge in [-0.3, -0.25) is 0 Å². The molecule has 0 spiro atoms. The number of aromatic nitrogens is 1. The molecule has 0 saturated heterocycles. The number of allylic oxidation sites excluding steroid dienone is 9. The summed E-state index contributed by atoms with van der Waals surface area (Å²) in [5.74, 6) is 0. The molecule has 3 aliphatic rings. The number of fused-ring (bicyclic) bond motifs is 8. The molecule has 0 radical (unpaired) electrons. The molecule has 6 aromatic carbocycles. The summed E-state index contributed by atoms with van der Waals surface area (Å²) in [4.78, 5) is 5.16. The summed E-state index contributed by atoms with van der Waals surface area (Å²) in [5, 5.41) is 7.39. The molecule has 0 bridgehead atoms. The quantitative estimate of drug-likeness (QED) is 0.205. The molecule has 0 amide bonds. The molecule has 1 heterocycles. The van der Waals surface area contributed by atoms with Crippen molar-refractivity contribution in [1.82, 2.24) is 4.57 Å². The zero-order valence-corrected chi connectivity index (χ0v) is 27.5. The average Bonchev–Trinajstić information content (AvgIpc) is 3.69. The van der Waals surface area contributed by atoms with Crippen molar-refractivity contribution in [2.45, 2.75) is 12.8 Å². The van der Waals surface area contributed by atoms with Gasteiger partial charge in [0.05, 0.1) is 22.4 Å². The Bertz CT molecular complexity index is 2800. The predicted molar refractivity (Wildman–Crippen MR) is 214 cm³/mol. The number of nitrogens with two attached hydrogens (primary N) is 1. The highest BCUT2D eigenvalue weighted by Gasteiger charge is 2.24. The number of hydrogen-bond acceptors (Lipinski definition) is 2. The zero-order chi connectivity index (χ0) is 33.3. The minimum Gasteiger partial charge on any atom is -0.398 e. The van der Waals surface area contributed by atoms with Gasteiger partial charge < -0.3 is 10.3 Å². The van der Waals surface area contributed by atoms with Crippen molar-refractivity contribution < 1.29 is 0 Å². The van der Waals surface area contributed by atoms with Crippen molar-refractivity contribution >= 4 is 66.2 Å². The van der Waals surface area contributed by atoms with E-state index < -0.39 is 0 Å². The van der Waals surface area contributed by atoms with E-state index in [1.54, 1.807) is 0 Å². The SMILES string of the molecule is C=C(N=C1C=CC=C/C1=C(/N)c1ccc2c3c(cccc13)-c1ccccc1-2)c1ccc2c3ccc4ccccc4c3n(C3=CC=CCC3)c2c1. The minimum atomic E-state index is 0.696. The second kappa shape index (κ2) is 11.0. The fourth-order valence-electron chi connectivity index (χ4n) is 8.23. The Kier molecular flexibility index (Phi) is 6.31. The van der Waals surface area contributed by atoms with Gasteiger partial charge in [-0.1, -0.05) is 140 Å². The summed E-state index contributed by atoms with van der Waals surface area (Å²) < 4.78 is 2.46. The lowest BCUT2D eigenvalue weighted by atomic mass is 9.93. The van der Waals surface area contributed by atoms with Gasteiger partial charge in [0.1, 0.15) is 0 Å². The number of nitrogens with zero attached hydrogens (tertiary/aromatic N) is 2. The van der Waals surface area contributed by atoms with Crippen LogP contribution in [0.5, 0.6) is 0 Å². The van der Waals surface area contributed by atoms with Gasteiger partial charge in [0.25, 0.3) is 0 Å². The monoisotopic (exact) mass is 639 g/mol. The van der Waals surface area contributed by atoms with Crippen molar-refractivity contribution in [3.63, 3.8) is 0 Å². The van der Waals surface area contributed by atoms with Crippen LogP contribution in [0.15, 0.2) is 169 Å². The maximum Gasteiger partial charge on any atom is 0.0730 e. The largest absolute Gasteiger partial charge is 0.398 e. The summed E-state index contributed by atoms with van der Waals surface area (Å²) in [6.45, 7) is 4.50. The highest BCUT2D eigenvalue weighted by atomic mass is 15.0. The van der Waals surface area contributed by atoms with E-state index in [-0.39, 0.29) is 0 Å². The molecule has 2 N–H and O–H groups in total. The van der Waals surface area contributed by atoms with Gasteiger partial charge in [0.15, 0.2) is 0 Å². The van der Waals surface area contributed by atoms with Crippen LogP contribution in [-0.2, 0) is 0 Å². The van der Waals surface area contributed by atoms with Crippen molar-refractivity contribution in [2.24, 2.45) is 10.7 Å². The van der Waals surface area contributed by atoms with E-state index in [9.17, 15) is 0 Å². The molecule has 0 fully saturated rings. The highest BCUT2D eigenvalue weighted by molar-refractivity contribution is 6.22. The smallest absolute Gasteiger partial charge is 0.0730 e. The predicted octanol–water partition coefficient (Wildman–Crippen LogP) is 11.8. The molecular weight excluding hydrogens is 607 g/mol. The summed E-state index contributed by atoms with van der Waals surface area (Å²) in [7, 11) is 0. The molecule has 0 saturated carbocycles. The molecule has 3 heteroatoms. The molecule has 0 aliphatic heterocycles. The molecule has 1 aromatic heterocycles. The van der Waals surface area contributed by atoms with Crippen molar-refractivity contribution in [2.75, 3.05) is 0 Å². The standard InChI is InChI=1S/C47H33N3/c1-29(31-23-24-36-41-25-22-30-12-5-6-15-33(30)47(41)50(44(36)28-31)32-13-3-2-4-14-32)49-43-21-10-9-18-42(43)46(48)40-27-26-39-35-17-8-7-16-34(35)37-19-11-20-38(40)45(37)39/h2-3,5-13,15-28H,1,4,14,48H2/b46-42-,49-43?. The molecule has 3 aliphatic carbocycles. The van der Waals surface area contributed by atoms with Crippen molar-refractivity contribution in [1.29, 1.82) is 0 Å². The van der Waals surface area contributed by atoms with Crippen LogP contribution in [0.2, 0.25) is 0 Å². The van der Waals surface area contributed by atoms with E-state index in [0.717, 1.165) is 40.6 Å². The van der Waals surface area contributed by atoms with Crippen LogP contribution in [0, 0.1) is 0 Å². The first-order valence-electron chi connectivity index (χ1n) is 17.3. The Morgan fingerprint density at radius 2 is 1.44 bits per heavy atom. The van der Waals surface area contributed by atoms with Crippen LogP contribution < -0.4 is 5.73 Å². The van der Waals surface area contributed by atoms with E-state index in [4.69, 9.17) is 10.7 Å². The van der Waals surface area contributed by atoms with Gasteiger partial charge in [0.2, 0.25) is 0 Å². The summed E-state index contributed by atoms with van der Waals surface area (Å²) in [5.41, 5.74) is 21.0. The summed E-state index contributed by atoms with van der Waals surface area (Å²) in [6, 6.07) is 39.4. The first kappa shape index (κ1) is 28.6. The fraction of sp³-hybridized carbons (Fsp3) is 0.0426. The lowest BCUT2D eigenvalue weighted by molar-refractivity contribution is 0.980. The number of aliphatic imine (C=N–C) groups is 1. The van der Waals surface area contributed by atoms with Gasteiger partial charge in [-0.15, -0.1) is 0 Å². The van der Waals surface area contributed by atoms with E-state index in [0.29, 0.717) is 11.4 Å². The normalized spacial score (nSPS) is 16.6. The third-order valence-corrected chi connectivity index (χ3v) is 10.6. The molecule has 7 aromatic rings. The van der Waals surface area contributed by atoms with Gasteiger partial charge in [-0.2, -0.15) is 0 Å². The Morgan fingerprint density at radius 1 is 0.680 bits per heavy atom. The topological polar surface area (TPSA) is 43.3 Å². The van der Waals surface area contributed by atoms with Crippen LogP contribution in [0.3, 0.4) is 0 Å². The van der Waals surface area contributed by atoms with E-state index in [2.05, 4.69) is 145 Å². The van der Waals surface area contributed by atoms with Gasteiger partial charge in [-0.05, 0) is 69.5 Å². The molecular formula is C47H33N3. The zero-order valence-electron chi connectivity index (χ0n) is 27.5. The van der Waals surface area contributed by atoms with Crippen molar-refractivity contribution in [3.05, 3.63) is 175 Å². The second-order valence-electron chi connectivity index (χ2n) is 13.3.